The van der Waals surface area contributed by atoms with Crippen LogP contribution in [0.5, 0.6) is 5.75 Å². The SMILES string of the molecule is N#Cc1c(OCC2CN(C=O)C2)ccc2c1CC(C=O)C2. The Morgan fingerprint density at radius 1 is 1.33 bits per heavy atom. The molecule has 1 aromatic rings. The van der Waals surface area contributed by atoms with Crippen LogP contribution in [-0.2, 0) is 22.4 Å². The first-order chi connectivity index (χ1) is 10.2. The average molecular weight is 284 g/mol. The lowest BCUT2D eigenvalue weighted by molar-refractivity contribution is -0.124. The van der Waals surface area contributed by atoms with Crippen LogP contribution in [0.1, 0.15) is 16.7 Å². The maximum absolute atomic E-state index is 10.9. The summed E-state index contributed by atoms with van der Waals surface area (Å²) in [6.07, 6.45) is 3.14. The van der Waals surface area contributed by atoms with E-state index in [1.165, 1.54) is 0 Å². The first-order valence-electron chi connectivity index (χ1n) is 7.07. The number of ether oxygens (including phenoxy) is 1. The molecule has 1 amide bonds. The molecule has 1 aromatic carbocycles. The lowest BCUT2D eigenvalue weighted by atomic mass is 10.0. The molecule has 0 saturated carbocycles. The highest BCUT2D eigenvalue weighted by molar-refractivity contribution is 5.62. The number of carbonyl (C=O) groups is 2. The van der Waals surface area contributed by atoms with Crippen LogP contribution >= 0.6 is 0 Å². The second-order valence-electron chi connectivity index (χ2n) is 5.73. The van der Waals surface area contributed by atoms with E-state index in [1.54, 1.807) is 4.90 Å². The highest BCUT2D eigenvalue weighted by Crippen LogP contribution is 2.34. The topological polar surface area (TPSA) is 70.4 Å². The van der Waals surface area contributed by atoms with Crippen LogP contribution in [0, 0.1) is 23.2 Å². The Morgan fingerprint density at radius 2 is 2.14 bits per heavy atom. The van der Waals surface area contributed by atoms with E-state index < -0.39 is 0 Å². The Labute approximate surface area is 123 Å². The molecule has 1 atom stereocenters. The summed E-state index contributed by atoms with van der Waals surface area (Å²) in [5.41, 5.74) is 2.59. The normalized spacial score (nSPS) is 20.3. The highest BCUT2D eigenvalue weighted by atomic mass is 16.5. The summed E-state index contributed by atoms with van der Waals surface area (Å²) in [5, 5.41) is 9.39. The van der Waals surface area contributed by atoms with Crippen molar-refractivity contribution in [3.05, 3.63) is 28.8 Å². The maximum Gasteiger partial charge on any atom is 0.209 e. The van der Waals surface area contributed by atoms with Crippen molar-refractivity contribution < 1.29 is 14.3 Å². The molecule has 1 unspecified atom stereocenters. The highest BCUT2D eigenvalue weighted by Gasteiger charge is 2.28. The van der Waals surface area contributed by atoms with Crippen LogP contribution in [0.25, 0.3) is 0 Å². The summed E-state index contributed by atoms with van der Waals surface area (Å²) < 4.78 is 5.77. The van der Waals surface area contributed by atoms with Crippen LogP contribution in [-0.4, -0.2) is 37.3 Å². The number of aldehydes is 1. The Bertz CT molecular complexity index is 615. The minimum atomic E-state index is -0.0184. The quantitative estimate of drug-likeness (QED) is 0.754. The minimum Gasteiger partial charge on any atom is -0.492 e. The van der Waals surface area contributed by atoms with Crippen LogP contribution in [0.3, 0.4) is 0 Å². The molecule has 1 heterocycles. The van der Waals surface area contributed by atoms with Crippen molar-refractivity contribution in [1.29, 1.82) is 5.26 Å². The molecule has 108 valence electrons. The van der Waals surface area contributed by atoms with E-state index in [1.807, 2.05) is 12.1 Å². The number of rotatable bonds is 5. The van der Waals surface area contributed by atoms with Crippen molar-refractivity contribution in [3.63, 3.8) is 0 Å². The summed E-state index contributed by atoms with van der Waals surface area (Å²) in [6, 6.07) is 5.98. The number of benzene rings is 1. The molecular formula is C16H16N2O3. The van der Waals surface area contributed by atoms with Gasteiger partial charge in [0.1, 0.15) is 18.1 Å². The molecule has 0 spiro atoms. The van der Waals surface area contributed by atoms with Gasteiger partial charge >= 0.3 is 0 Å². The zero-order chi connectivity index (χ0) is 14.8. The molecule has 1 fully saturated rings. The molecule has 3 rings (SSSR count). The van der Waals surface area contributed by atoms with Gasteiger partial charge in [0.05, 0.1) is 12.2 Å². The number of fused-ring (bicyclic) bond motifs is 1. The second kappa shape index (κ2) is 5.57. The number of nitriles is 1. The molecule has 21 heavy (non-hydrogen) atoms. The monoisotopic (exact) mass is 284 g/mol. The Morgan fingerprint density at radius 3 is 2.81 bits per heavy atom. The fraction of sp³-hybridized carbons (Fsp3) is 0.438. The second-order valence-corrected chi connectivity index (χ2v) is 5.73. The molecular weight excluding hydrogens is 268 g/mol. The third-order valence-corrected chi connectivity index (χ3v) is 4.23. The summed E-state index contributed by atoms with van der Waals surface area (Å²) in [4.78, 5) is 23.1. The number of likely N-dealkylation sites (tertiary alicyclic amines) is 1. The number of amides is 1. The van der Waals surface area contributed by atoms with Crippen molar-refractivity contribution in [2.75, 3.05) is 19.7 Å². The summed E-state index contributed by atoms with van der Waals surface area (Å²) in [7, 11) is 0. The van der Waals surface area contributed by atoms with E-state index in [-0.39, 0.29) is 5.92 Å². The van der Waals surface area contributed by atoms with Crippen molar-refractivity contribution in [2.45, 2.75) is 12.8 Å². The van der Waals surface area contributed by atoms with Gasteiger partial charge in [-0.2, -0.15) is 5.26 Å². The van der Waals surface area contributed by atoms with Crippen molar-refractivity contribution in [3.8, 4) is 11.8 Å². The molecule has 5 nitrogen and oxygen atoms in total. The molecule has 2 aliphatic rings. The van der Waals surface area contributed by atoms with Crippen LogP contribution in [0.4, 0.5) is 0 Å². The molecule has 0 N–H and O–H groups in total. The number of hydrogen-bond donors (Lipinski definition) is 0. The van der Waals surface area contributed by atoms with E-state index in [0.29, 0.717) is 49.8 Å². The van der Waals surface area contributed by atoms with Gasteiger partial charge in [0.25, 0.3) is 0 Å². The Hall–Kier alpha value is -2.35. The summed E-state index contributed by atoms with van der Waals surface area (Å²) >= 11 is 0. The first-order valence-corrected chi connectivity index (χ1v) is 7.07. The molecule has 0 aromatic heterocycles. The van der Waals surface area contributed by atoms with E-state index in [4.69, 9.17) is 4.74 Å². The standard InChI is InChI=1S/C16H16N2O3/c17-5-15-14-4-11(8-19)3-13(14)1-2-16(15)21-9-12-6-18(7-12)10-20/h1-2,8,10-12H,3-4,6-7,9H2. The van der Waals surface area contributed by atoms with Gasteiger partial charge in [0.2, 0.25) is 6.41 Å². The van der Waals surface area contributed by atoms with Crippen LogP contribution in [0.15, 0.2) is 12.1 Å². The van der Waals surface area contributed by atoms with Crippen molar-refractivity contribution in [1.82, 2.24) is 4.90 Å². The smallest absolute Gasteiger partial charge is 0.209 e. The number of carbonyl (C=O) groups excluding carboxylic acids is 2. The van der Waals surface area contributed by atoms with E-state index in [9.17, 15) is 14.9 Å². The first kappa shape index (κ1) is 13.6. The largest absolute Gasteiger partial charge is 0.492 e. The minimum absolute atomic E-state index is 0.0184. The van der Waals surface area contributed by atoms with Gasteiger partial charge in [-0.25, -0.2) is 0 Å². The molecule has 1 saturated heterocycles. The molecule has 1 aliphatic carbocycles. The summed E-state index contributed by atoms with van der Waals surface area (Å²) in [5.74, 6) is 0.903. The van der Waals surface area contributed by atoms with Gasteiger partial charge in [-0.3, -0.25) is 4.79 Å². The van der Waals surface area contributed by atoms with Gasteiger partial charge in [0.15, 0.2) is 0 Å². The third-order valence-electron chi connectivity index (χ3n) is 4.23. The van der Waals surface area contributed by atoms with Crippen molar-refractivity contribution >= 4 is 12.7 Å². The van der Waals surface area contributed by atoms with Crippen LogP contribution < -0.4 is 4.74 Å². The van der Waals surface area contributed by atoms with Gasteiger partial charge in [0, 0.05) is 24.9 Å². The lowest BCUT2D eigenvalue weighted by Crippen LogP contribution is -2.48. The number of hydrogen-bond acceptors (Lipinski definition) is 4. The van der Waals surface area contributed by atoms with Crippen molar-refractivity contribution in [2.24, 2.45) is 11.8 Å². The predicted octanol–water partition coefficient (Wildman–Crippen LogP) is 0.939. The van der Waals surface area contributed by atoms with Gasteiger partial charge in [-0.1, -0.05) is 6.07 Å². The zero-order valence-corrected chi connectivity index (χ0v) is 11.6. The molecule has 1 aliphatic heterocycles. The van der Waals surface area contributed by atoms with E-state index in [0.717, 1.165) is 23.8 Å². The molecule has 5 heteroatoms. The third kappa shape index (κ3) is 2.49. The average Bonchev–Trinajstić information content (AvgIpc) is 2.88. The Balaban J connectivity index is 1.71. The zero-order valence-electron chi connectivity index (χ0n) is 11.6. The molecule has 0 radical (unpaired) electrons. The predicted molar refractivity (Wildman–Crippen MR) is 74.7 cm³/mol. The number of nitrogens with zero attached hydrogens (tertiary/aromatic N) is 2. The Kier molecular flexibility index (Phi) is 3.61. The molecule has 0 bridgehead atoms. The maximum atomic E-state index is 10.9. The van der Waals surface area contributed by atoms with Gasteiger partial charge < -0.3 is 14.4 Å². The fourth-order valence-corrected chi connectivity index (χ4v) is 3.06. The van der Waals surface area contributed by atoms with E-state index in [2.05, 4.69) is 6.07 Å². The van der Waals surface area contributed by atoms with Gasteiger partial charge in [-0.15, -0.1) is 0 Å². The van der Waals surface area contributed by atoms with Crippen LogP contribution in [0.2, 0.25) is 0 Å². The summed E-state index contributed by atoms with van der Waals surface area (Å²) in [6.45, 7) is 1.93. The lowest BCUT2D eigenvalue weighted by Gasteiger charge is -2.36. The van der Waals surface area contributed by atoms with Gasteiger partial charge in [-0.05, 0) is 30.0 Å². The van der Waals surface area contributed by atoms with E-state index >= 15 is 0 Å². The fourth-order valence-electron chi connectivity index (χ4n) is 3.06.